The molecule has 4 heteroatoms. The quantitative estimate of drug-likeness (QED) is 0.351. The summed E-state index contributed by atoms with van der Waals surface area (Å²) in [4.78, 5) is 0. The summed E-state index contributed by atoms with van der Waals surface area (Å²) >= 11 is 0. The zero-order valence-corrected chi connectivity index (χ0v) is 3.62. The molecule has 0 fully saturated rings. The van der Waals surface area contributed by atoms with Gasteiger partial charge in [-0.1, -0.05) is 0 Å². The molecule has 28 valence electrons. The van der Waals surface area contributed by atoms with E-state index in [2.05, 4.69) is 0 Å². The summed E-state index contributed by atoms with van der Waals surface area (Å²) in [5.74, 6) is 0. The van der Waals surface area contributed by atoms with Crippen molar-refractivity contribution in [2.45, 2.75) is 0 Å². The molecule has 0 rings (SSSR count). The van der Waals surface area contributed by atoms with Crippen molar-refractivity contribution >= 4 is 19.8 Å². The van der Waals surface area contributed by atoms with E-state index < -0.39 is 0 Å². The van der Waals surface area contributed by atoms with Gasteiger partial charge >= 0.3 is 38.7 Å². The Morgan fingerprint density at radius 3 is 1.25 bits per heavy atom. The topological polar surface area (TPSA) is 0 Å². The van der Waals surface area contributed by atoms with E-state index in [9.17, 15) is 0 Å². The van der Waals surface area contributed by atoms with Crippen molar-refractivity contribution < 1.29 is 54.1 Å². The molecule has 0 atom stereocenters. The molecular formula is H4CoCuGaLi. The van der Waals surface area contributed by atoms with Crippen LogP contribution in [0.1, 0.15) is 1.43 Å². The van der Waals surface area contributed by atoms with Crippen LogP contribution in [0.15, 0.2) is 0 Å². The Morgan fingerprint density at radius 1 is 1.25 bits per heavy atom. The van der Waals surface area contributed by atoms with Crippen LogP contribution >= 0.6 is 0 Å². The van der Waals surface area contributed by atoms with Gasteiger partial charge in [0, 0.05) is 33.8 Å². The van der Waals surface area contributed by atoms with Gasteiger partial charge in [0.15, 0.2) is 0 Å². The zero-order valence-electron chi connectivity index (χ0n) is 2.63. The summed E-state index contributed by atoms with van der Waals surface area (Å²) in [5, 5.41) is 0. The van der Waals surface area contributed by atoms with Crippen molar-refractivity contribution in [1.29, 1.82) is 0 Å². The van der Waals surface area contributed by atoms with E-state index in [1.807, 2.05) is 0 Å². The van der Waals surface area contributed by atoms with E-state index in [-0.39, 0.29) is 73.9 Å². The fourth-order valence-corrected chi connectivity index (χ4v) is 0. The van der Waals surface area contributed by atoms with Crippen molar-refractivity contribution in [2.75, 3.05) is 0 Å². The average Bonchev–Trinajstić information content (AvgIpc) is 0. The first-order valence-corrected chi connectivity index (χ1v) is 0. The fraction of sp³-hybridized carbons (Fsp3) is 0. The van der Waals surface area contributed by atoms with Gasteiger partial charge in [-0.15, -0.1) is 0 Å². The van der Waals surface area contributed by atoms with Gasteiger partial charge in [0.1, 0.15) is 0 Å². The second-order valence-electron chi connectivity index (χ2n) is 0. The standard InChI is InChI=1S/Co.Cu.Ga.Li.4H/q;;;+1;;;;-1. The first kappa shape index (κ1) is 33.9. The van der Waals surface area contributed by atoms with Crippen molar-refractivity contribution in [2.24, 2.45) is 0 Å². The molecule has 0 aliphatic carbocycles. The average molecular weight is 203 g/mol. The third-order valence-corrected chi connectivity index (χ3v) is 0. The Labute approximate surface area is 73.2 Å². The first-order valence-electron chi connectivity index (χ1n) is 0. The number of rotatable bonds is 0. The molecule has 0 spiro atoms. The van der Waals surface area contributed by atoms with Gasteiger partial charge in [0.25, 0.3) is 0 Å². The fourth-order valence-electron chi connectivity index (χ4n) is 0. The minimum absolute atomic E-state index is 0. The molecule has 0 unspecified atom stereocenters. The van der Waals surface area contributed by atoms with Crippen molar-refractivity contribution in [3.05, 3.63) is 0 Å². The van der Waals surface area contributed by atoms with Crippen molar-refractivity contribution in [3.63, 3.8) is 0 Å². The molecule has 0 aromatic rings. The van der Waals surface area contributed by atoms with E-state index in [4.69, 9.17) is 0 Å². The van der Waals surface area contributed by atoms with Crippen LogP contribution in [0, 0.1) is 0 Å². The Kier molecular flexibility index (Phi) is 158. The molecule has 4 heavy (non-hydrogen) atoms. The molecular weight excluding hydrogens is 199 g/mol. The van der Waals surface area contributed by atoms with Crippen LogP contribution in [-0.2, 0) is 33.8 Å². The molecule has 0 aliphatic heterocycles. The summed E-state index contributed by atoms with van der Waals surface area (Å²) in [5.41, 5.74) is 0. The number of hydrogen-bond donors (Lipinski definition) is 0. The predicted octanol–water partition coefficient (Wildman–Crippen LogP) is -4.07. The van der Waals surface area contributed by atoms with Crippen LogP contribution < -0.4 is 18.9 Å². The van der Waals surface area contributed by atoms with E-state index in [1.165, 1.54) is 0 Å². The maximum Gasteiger partial charge on any atom is 1.00 e. The van der Waals surface area contributed by atoms with Crippen LogP contribution in [-0.4, -0.2) is 19.8 Å². The summed E-state index contributed by atoms with van der Waals surface area (Å²) in [6.45, 7) is 0. The summed E-state index contributed by atoms with van der Waals surface area (Å²) < 4.78 is 0. The zero-order chi connectivity index (χ0) is 0. The molecule has 0 saturated heterocycles. The summed E-state index contributed by atoms with van der Waals surface area (Å²) in [6, 6.07) is 0. The molecule has 0 saturated carbocycles. The molecule has 2 radical (unpaired) electrons. The molecule has 0 amide bonds. The Morgan fingerprint density at radius 2 is 1.25 bits per heavy atom. The largest absolute Gasteiger partial charge is 1.00 e. The van der Waals surface area contributed by atoms with Gasteiger partial charge in [-0.3, -0.25) is 0 Å². The maximum atomic E-state index is 0. The maximum absolute atomic E-state index is 0. The predicted molar refractivity (Wildman–Crippen MR) is 11.1 cm³/mol. The smallest absolute Gasteiger partial charge is 1.00 e. The minimum atomic E-state index is 0. The number of hydrogen-bond acceptors (Lipinski definition) is 0. The molecule has 0 aromatic heterocycles. The molecule has 0 nitrogen and oxygen atoms in total. The second-order valence-corrected chi connectivity index (χ2v) is 0. The van der Waals surface area contributed by atoms with Crippen molar-refractivity contribution in [3.8, 4) is 0 Å². The van der Waals surface area contributed by atoms with Gasteiger partial charge < -0.3 is 1.43 Å². The summed E-state index contributed by atoms with van der Waals surface area (Å²) in [6.07, 6.45) is 0. The van der Waals surface area contributed by atoms with Crippen molar-refractivity contribution in [1.82, 2.24) is 0 Å². The Balaban J connectivity index is 0. The monoisotopic (exact) mass is 202 g/mol. The molecule has 0 heterocycles. The molecule has 0 N–H and O–H groups in total. The van der Waals surface area contributed by atoms with Crippen LogP contribution in [0.2, 0.25) is 0 Å². The van der Waals surface area contributed by atoms with E-state index in [0.29, 0.717) is 0 Å². The van der Waals surface area contributed by atoms with E-state index >= 15 is 0 Å². The third-order valence-electron chi connectivity index (χ3n) is 0. The Hall–Kier alpha value is 2.26. The van der Waals surface area contributed by atoms with E-state index in [0.717, 1.165) is 0 Å². The van der Waals surface area contributed by atoms with Crippen LogP contribution in [0.4, 0.5) is 0 Å². The van der Waals surface area contributed by atoms with Gasteiger partial charge in [-0.05, 0) is 0 Å². The van der Waals surface area contributed by atoms with Gasteiger partial charge in [-0.25, -0.2) is 0 Å². The molecule has 0 bridgehead atoms. The normalized spacial score (nSPS) is 0. The van der Waals surface area contributed by atoms with Crippen LogP contribution in [0.3, 0.4) is 0 Å². The second kappa shape index (κ2) is 18.7. The minimum Gasteiger partial charge on any atom is -1.00 e. The SMILES string of the molecule is [Co].[Cu].[GaH3].[H-].[Li+]. The Bertz CT molecular complexity index is 11.6. The molecule has 0 aliphatic rings. The summed E-state index contributed by atoms with van der Waals surface area (Å²) in [7, 11) is 0. The van der Waals surface area contributed by atoms with Crippen LogP contribution in [0.5, 0.6) is 0 Å². The van der Waals surface area contributed by atoms with Gasteiger partial charge in [-0.2, -0.15) is 0 Å². The van der Waals surface area contributed by atoms with Gasteiger partial charge in [0.2, 0.25) is 0 Å². The third kappa shape index (κ3) is 8.86. The van der Waals surface area contributed by atoms with E-state index in [1.54, 1.807) is 0 Å². The molecule has 0 aromatic carbocycles. The first-order chi connectivity index (χ1) is 0. The van der Waals surface area contributed by atoms with Crippen LogP contribution in [0.25, 0.3) is 0 Å². The van der Waals surface area contributed by atoms with Gasteiger partial charge in [0.05, 0.1) is 0 Å².